The summed E-state index contributed by atoms with van der Waals surface area (Å²) in [7, 11) is 0. The van der Waals surface area contributed by atoms with Crippen LogP contribution in [0.4, 0.5) is 0 Å². The third-order valence-corrected chi connectivity index (χ3v) is 3.71. The number of nitrogens with one attached hydrogen (secondary N) is 1. The highest BCUT2D eigenvalue weighted by Crippen LogP contribution is 2.14. The predicted molar refractivity (Wildman–Crippen MR) is 82.2 cm³/mol. The van der Waals surface area contributed by atoms with Gasteiger partial charge in [0.15, 0.2) is 0 Å². The van der Waals surface area contributed by atoms with Crippen LogP contribution in [-0.2, 0) is 27.4 Å². The zero-order chi connectivity index (χ0) is 16.1. The molecular formula is C17H18N2O4. The number of nitrogens with zero attached hydrogens (tertiary/aromatic N) is 1. The van der Waals surface area contributed by atoms with Gasteiger partial charge < -0.3 is 19.4 Å². The highest BCUT2D eigenvalue weighted by Gasteiger charge is 2.33. The predicted octanol–water partition coefficient (Wildman–Crippen LogP) is 1.32. The Labute approximate surface area is 134 Å². The van der Waals surface area contributed by atoms with E-state index in [2.05, 4.69) is 5.32 Å². The molecule has 0 spiro atoms. The Morgan fingerprint density at radius 1 is 1.22 bits per heavy atom. The Kier molecular flexibility index (Phi) is 4.73. The zero-order valence-corrected chi connectivity index (χ0v) is 12.6. The summed E-state index contributed by atoms with van der Waals surface area (Å²) >= 11 is 0. The second-order valence-electron chi connectivity index (χ2n) is 5.34. The molecule has 0 radical (unpaired) electrons. The molecule has 1 aromatic carbocycles. The summed E-state index contributed by atoms with van der Waals surface area (Å²) in [5.74, 6) is 0.236. The largest absolute Gasteiger partial charge is 0.467 e. The Morgan fingerprint density at radius 2 is 2.04 bits per heavy atom. The molecule has 1 aliphatic rings. The standard InChI is InChI=1S/C17H18N2O4/c20-16-12-22-11-15(17(21)18-9-14-7-4-8-23-14)19(16)10-13-5-2-1-3-6-13/h1-8,15H,9-12H2,(H,18,21). The third kappa shape index (κ3) is 3.78. The summed E-state index contributed by atoms with van der Waals surface area (Å²) in [4.78, 5) is 26.1. The summed E-state index contributed by atoms with van der Waals surface area (Å²) in [6.45, 7) is 0.884. The van der Waals surface area contributed by atoms with Crippen molar-refractivity contribution in [2.24, 2.45) is 0 Å². The molecule has 1 aliphatic heterocycles. The van der Waals surface area contributed by atoms with Gasteiger partial charge in [-0.3, -0.25) is 9.59 Å². The number of rotatable bonds is 5. The lowest BCUT2D eigenvalue weighted by atomic mass is 10.1. The fraction of sp³-hybridized carbons (Fsp3) is 0.294. The Balaban J connectivity index is 1.67. The average molecular weight is 314 g/mol. The second kappa shape index (κ2) is 7.11. The van der Waals surface area contributed by atoms with Crippen LogP contribution in [0.15, 0.2) is 53.1 Å². The molecular weight excluding hydrogens is 296 g/mol. The number of hydrogen-bond acceptors (Lipinski definition) is 4. The molecule has 1 N–H and O–H groups in total. The first-order valence-electron chi connectivity index (χ1n) is 7.45. The Bertz CT molecular complexity index is 654. The van der Waals surface area contributed by atoms with Crippen LogP contribution >= 0.6 is 0 Å². The quantitative estimate of drug-likeness (QED) is 0.903. The van der Waals surface area contributed by atoms with Gasteiger partial charge in [-0.25, -0.2) is 0 Å². The van der Waals surface area contributed by atoms with E-state index in [1.165, 1.54) is 0 Å². The van der Waals surface area contributed by atoms with Crippen molar-refractivity contribution in [3.05, 3.63) is 60.1 Å². The third-order valence-electron chi connectivity index (χ3n) is 3.71. The van der Waals surface area contributed by atoms with E-state index < -0.39 is 6.04 Å². The number of carbonyl (C=O) groups excluding carboxylic acids is 2. The fourth-order valence-electron chi connectivity index (χ4n) is 2.51. The van der Waals surface area contributed by atoms with Gasteiger partial charge in [0.2, 0.25) is 11.8 Å². The molecule has 1 aromatic heterocycles. The molecule has 1 atom stereocenters. The van der Waals surface area contributed by atoms with E-state index in [1.807, 2.05) is 30.3 Å². The minimum atomic E-state index is -0.633. The molecule has 0 bridgehead atoms. The van der Waals surface area contributed by atoms with Crippen molar-refractivity contribution in [3.63, 3.8) is 0 Å². The van der Waals surface area contributed by atoms with Gasteiger partial charge in [0.05, 0.1) is 19.4 Å². The van der Waals surface area contributed by atoms with Gasteiger partial charge in [0, 0.05) is 6.54 Å². The Hall–Kier alpha value is -2.60. The molecule has 0 saturated carbocycles. The molecule has 0 aliphatic carbocycles. The zero-order valence-electron chi connectivity index (χ0n) is 12.6. The summed E-state index contributed by atoms with van der Waals surface area (Å²) in [5, 5.41) is 2.78. The summed E-state index contributed by atoms with van der Waals surface area (Å²) < 4.78 is 10.4. The van der Waals surface area contributed by atoms with Crippen molar-refractivity contribution < 1.29 is 18.7 Å². The molecule has 3 rings (SSSR count). The van der Waals surface area contributed by atoms with Crippen LogP contribution in [0.3, 0.4) is 0 Å². The smallest absolute Gasteiger partial charge is 0.249 e. The van der Waals surface area contributed by atoms with Crippen molar-refractivity contribution in [2.75, 3.05) is 13.2 Å². The lowest BCUT2D eigenvalue weighted by Gasteiger charge is -2.34. The number of morpholine rings is 1. The molecule has 1 fully saturated rings. The van der Waals surface area contributed by atoms with Crippen LogP contribution < -0.4 is 5.32 Å². The van der Waals surface area contributed by atoms with Crippen molar-refractivity contribution in [3.8, 4) is 0 Å². The maximum absolute atomic E-state index is 12.4. The molecule has 6 heteroatoms. The van der Waals surface area contributed by atoms with E-state index in [0.29, 0.717) is 12.3 Å². The number of furan rings is 1. The van der Waals surface area contributed by atoms with Gasteiger partial charge in [0.25, 0.3) is 0 Å². The highest BCUT2D eigenvalue weighted by atomic mass is 16.5. The highest BCUT2D eigenvalue weighted by molar-refractivity contribution is 5.89. The SMILES string of the molecule is O=C(NCc1ccco1)C1COCC(=O)N1Cc1ccccc1. The average Bonchev–Trinajstić information content (AvgIpc) is 3.09. The van der Waals surface area contributed by atoms with Crippen LogP contribution in [0.1, 0.15) is 11.3 Å². The van der Waals surface area contributed by atoms with Gasteiger partial charge in [-0.2, -0.15) is 0 Å². The number of carbonyl (C=O) groups is 2. The molecule has 1 unspecified atom stereocenters. The van der Waals surface area contributed by atoms with Gasteiger partial charge in [-0.05, 0) is 17.7 Å². The van der Waals surface area contributed by atoms with Crippen LogP contribution in [0.25, 0.3) is 0 Å². The summed E-state index contributed by atoms with van der Waals surface area (Å²) in [6, 6.07) is 12.5. The molecule has 1 saturated heterocycles. The Morgan fingerprint density at radius 3 is 2.78 bits per heavy atom. The van der Waals surface area contributed by atoms with Gasteiger partial charge in [0.1, 0.15) is 18.4 Å². The van der Waals surface area contributed by atoms with Gasteiger partial charge in [-0.1, -0.05) is 30.3 Å². The number of hydrogen-bond donors (Lipinski definition) is 1. The number of ether oxygens (including phenoxy) is 1. The maximum atomic E-state index is 12.4. The van der Waals surface area contributed by atoms with E-state index in [9.17, 15) is 9.59 Å². The van der Waals surface area contributed by atoms with Crippen LogP contribution in [-0.4, -0.2) is 36.0 Å². The fourth-order valence-corrected chi connectivity index (χ4v) is 2.51. The normalized spacial score (nSPS) is 18.0. The summed E-state index contributed by atoms with van der Waals surface area (Å²) in [5.41, 5.74) is 0.978. The first-order valence-corrected chi connectivity index (χ1v) is 7.45. The van der Waals surface area contributed by atoms with Crippen LogP contribution in [0.5, 0.6) is 0 Å². The van der Waals surface area contributed by atoms with E-state index in [0.717, 1.165) is 5.56 Å². The van der Waals surface area contributed by atoms with Crippen LogP contribution in [0, 0.1) is 0 Å². The van der Waals surface area contributed by atoms with Gasteiger partial charge in [-0.15, -0.1) is 0 Å². The van der Waals surface area contributed by atoms with E-state index in [1.54, 1.807) is 23.3 Å². The topological polar surface area (TPSA) is 71.8 Å². The van der Waals surface area contributed by atoms with Crippen molar-refractivity contribution >= 4 is 11.8 Å². The minimum Gasteiger partial charge on any atom is -0.467 e. The van der Waals surface area contributed by atoms with E-state index in [4.69, 9.17) is 9.15 Å². The second-order valence-corrected chi connectivity index (χ2v) is 5.34. The van der Waals surface area contributed by atoms with Crippen molar-refractivity contribution in [1.29, 1.82) is 0 Å². The molecule has 6 nitrogen and oxygen atoms in total. The number of amides is 2. The summed E-state index contributed by atoms with van der Waals surface area (Å²) in [6.07, 6.45) is 1.55. The van der Waals surface area contributed by atoms with Gasteiger partial charge >= 0.3 is 0 Å². The van der Waals surface area contributed by atoms with E-state index >= 15 is 0 Å². The number of benzene rings is 1. The lowest BCUT2D eigenvalue weighted by molar-refractivity contribution is -0.155. The molecule has 2 amide bonds. The first-order chi connectivity index (χ1) is 11.2. The van der Waals surface area contributed by atoms with E-state index in [-0.39, 0.29) is 31.6 Å². The van der Waals surface area contributed by atoms with Crippen LogP contribution in [0.2, 0.25) is 0 Å². The molecule has 2 heterocycles. The monoisotopic (exact) mass is 314 g/mol. The lowest BCUT2D eigenvalue weighted by Crippen LogP contribution is -2.55. The maximum Gasteiger partial charge on any atom is 0.249 e. The minimum absolute atomic E-state index is 0.00873. The molecule has 23 heavy (non-hydrogen) atoms. The first kappa shape index (κ1) is 15.3. The molecule has 2 aromatic rings. The van der Waals surface area contributed by atoms with Crippen molar-refractivity contribution in [2.45, 2.75) is 19.1 Å². The molecule has 120 valence electrons. The van der Waals surface area contributed by atoms with Crippen molar-refractivity contribution in [1.82, 2.24) is 10.2 Å².